The lowest BCUT2D eigenvalue weighted by Gasteiger charge is -2.35. The predicted molar refractivity (Wildman–Crippen MR) is 218 cm³/mol. The van der Waals surface area contributed by atoms with Gasteiger partial charge in [0.1, 0.15) is 11.2 Å². The maximum atomic E-state index is 6.80. The van der Waals surface area contributed by atoms with Crippen LogP contribution in [0.3, 0.4) is 0 Å². The van der Waals surface area contributed by atoms with Crippen molar-refractivity contribution >= 4 is 32.7 Å². The van der Waals surface area contributed by atoms with Gasteiger partial charge in [-0.3, -0.25) is 0 Å². The number of para-hydroxylation sites is 1. The minimum Gasteiger partial charge on any atom is -0.456 e. The van der Waals surface area contributed by atoms with E-state index < -0.39 is 5.41 Å². The van der Waals surface area contributed by atoms with E-state index in [1.165, 1.54) is 33.4 Å². The maximum absolute atomic E-state index is 6.80. The van der Waals surface area contributed by atoms with Crippen molar-refractivity contribution in [2.45, 2.75) is 5.41 Å². The van der Waals surface area contributed by atoms with Crippen molar-refractivity contribution < 1.29 is 4.42 Å². The van der Waals surface area contributed by atoms with Crippen LogP contribution in [0.5, 0.6) is 0 Å². The summed E-state index contributed by atoms with van der Waals surface area (Å²) in [6, 6.07) is 66.2. The van der Waals surface area contributed by atoms with Gasteiger partial charge < -0.3 is 4.42 Å². The van der Waals surface area contributed by atoms with E-state index in [1.807, 2.05) is 66.7 Å². The van der Waals surface area contributed by atoms with Crippen molar-refractivity contribution in [2.75, 3.05) is 0 Å². The van der Waals surface area contributed by atoms with Gasteiger partial charge in [-0.25, -0.2) is 15.0 Å². The third-order valence-electron chi connectivity index (χ3n) is 11.0. The summed E-state index contributed by atoms with van der Waals surface area (Å²) in [5, 5.41) is 4.36. The molecule has 1 aliphatic rings. The molecule has 0 spiro atoms. The van der Waals surface area contributed by atoms with Gasteiger partial charge in [0.15, 0.2) is 17.5 Å². The number of benzene rings is 8. The van der Waals surface area contributed by atoms with Crippen molar-refractivity contribution in [1.82, 2.24) is 15.0 Å². The first-order valence-corrected chi connectivity index (χ1v) is 18.3. The molecule has 1 aliphatic carbocycles. The van der Waals surface area contributed by atoms with E-state index in [9.17, 15) is 0 Å². The van der Waals surface area contributed by atoms with E-state index in [-0.39, 0.29) is 0 Å². The molecule has 0 amide bonds. The van der Waals surface area contributed by atoms with E-state index in [0.29, 0.717) is 17.5 Å². The summed E-state index contributed by atoms with van der Waals surface area (Å²) in [5.41, 5.74) is 11.1. The number of rotatable bonds is 5. The summed E-state index contributed by atoms with van der Waals surface area (Å²) in [5.74, 6) is 1.83. The Balaban J connectivity index is 1.34. The van der Waals surface area contributed by atoms with E-state index in [1.54, 1.807) is 0 Å². The summed E-state index contributed by atoms with van der Waals surface area (Å²) in [7, 11) is 0. The normalized spacial score (nSPS) is 13.0. The quantitative estimate of drug-likeness (QED) is 0.180. The van der Waals surface area contributed by atoms with Gasteiger partial charge in [0.05, 0.1) is 5.41 Å². The molecular formula is C50H31N3O. The molecular weight excluding hydrogens is 659 g/mol. The Morgan fingerprint density at radius 2 is 0.907 bits per heavy atom. The predicted octanol–water partition coefficient (Wildman–Crippen LogP) is 12.3. The van der Waals surface area contributed by atoms with Crippen LogP contribution in [0, 0.1) is 0 Å². The van der Waals surface area contributed by atoms with Gasteiger partial charge in [-0.05, 0) is 56.3 Å². The second-order valence-electron chi connectivity index (χ2n) is 13.9. The molecule has 0 saturated heterocycles. The number of aromatic nitrogens is 3. The molecule has 0 radical (unpaired) electrons. The highest BCUT2D eigenvalue weighted by Crippen LogP contribution is 2.59. The summed E-state index contributed by atoms with van der Waals surface area (Å²) < 4.78 is 6.80. The molecule has 0 saturated carbocycles. The Labute approximate surface area is 312 Å². The van der Waals surface area contributed by atoms with Crippen LogP contribution in [-0.2, 0) is 5.41 Å². The molecule has 11 rings (SSSR count). The average Bonchev–Trinajstić information content (AvgIpc) is 3.78. The largest absolute Gasteiger partial charge is 0.456 e. The van der Waals surface area contributed by atoms with Crippen molar-refractivity contribution in [3.05, 3.63) is 210 Å². The van der Waals surface area contributed by atoms with Crippen LogP contribution < -0.4 is 0 Å². The number of hydrogen-bond acceptors (Lipinski definition) is 4. The third-order valence-corrected chi connectivity index (χ3v) is 11.0. The average molecular weight is 690 g/mol. The fourth-order valence-corrected chi connectivity index (χ4v) is 8.77. The minimum atomic E-state index is -0.624. The van der Waals surface area contributed by atoms with Gasteiger partial charge in [0.25, 0.3) is 0 Å². The van der Waals surface area contributed by atoms with Crippen LogP contribution in [0.1, 0.15) is 22.3 Å². The highest BCUT2D eigenvalue weighted by Gasteiger charge is 2.47. The first-order valence-electron chi connectivity index (χ1n) is 18.3. The fourth-order valence-electron chi connectivity index (χ4n) is 8.77. The molecule has 2 aromatic heterocycles. The van der Waals surface area contributed by atoms with E-state index in [2.05, 4.69) is 121 Å². The molecule has 0 unspecified atom stereocenters. The van der Waals surface area contributed by atoms with Crippen LogP contribution >= 0.6 is 0 Å². The molecule has 54 heavy (non-hydrogen) atoms. The molecule has 252 valence electrons. The number of fused-ring (bicyclic) bond motifs is 9. The number of furan rings is 1. The van der Waals surface area contributed by atoms with Gasteiger partial charge in [-0.15, -0.1) is 0 Å². The summed E-state index contributed by atoms with van der Waals surface area (Å²) in [4.78, 5) is 15.5. The smallest absolute Gasteiger partial charge is 0.164 e. The highest BCUT2D eigenvalue weighted by molar-refractivity contribution is 6.25. The van der Waals surface area contributed by atoms with Crippen molar-refractivity contribution in [1.29, 1.82) is 0 Å². The maximum Gasteiger partial charge on any atom is 0.164 e. The lowest BCUT2D eigenvalue weighted by atomic mass is 9.66. The van der Waals surface area contributed by atoms with Gasteiger partial charge in [-0.2, -0.15) is 0 Å². The summed E-state index contributed by atoms with van der Waals surface area (Å²) >= 11 is 0. The van der Waals surface area contributed by atoms with E-state index in [4.69, 9.17) is 19.4 Å². The molecule has 0 fully saturated rings. The SMILES string of the molecule is c1ccc(-c2nc(-c3ccccc3)nc(-c3cc4oc5ccccc5c4c4c5c(ccc34)-c3ccccc3C5(c3ccccc3)c3ccccc3)n2)cc1. The Morgan fingerprint density at radius 3 is 1.56 bits per heavy atom. The second-order valence-corrected chi connectivity index (χ2v) is 13.9. The Morgan fingerprint density at radius 1 is 0.370 bits per heavy atom. The molecule has 4 nitrogen and oxygen atoms in total. The van der Waals surface area contributed by atoms with Gasteiger partial charge >= 0.3 is 0 Å². The molecule has 0 N–H and O–H groups in total. The van der Waals surface area contributed by atoms with Crippen molar-refractivity contribution in [3.8, 4) is 45.3 Å². The van der Waals surface area contributed by atoms with Crippen LogP contribution in [0.25, 0.3) is 78.0 Å². The van der Waals surface area contributed by atoms with Gasteiger partial charge in [0, 0.05) is 27.5 Å². The van der Waals surface area contributed by atoms with Crippen molar-refractivity contribution in [3.63, 3.8) is 0 Å². The fraction of sp³-hybridized carbons (Fsp3) is 0.0200. The summed E-state index contributed by atoms with van der Waals surface area (Å²) in [6.45, 7) is 0. The zero-order valence-corrected chi connectivity index (χ0v) is 29.1. The first-order chi connectivity index (χ1) is 26.8. The monoisotopic (exact) mass is 689 g/mol. The Hall–Kier alpha value is -7.17. The zero-order valence-electron chi connectivity index (χ0n) is 29.1. The molecule has 4 heteroatoms. The zero-order chi connectivity index (χ0) is 35.6. The summed E-state index contributed by atoms with van der Waals surface area (Å²) in [6.07, 6.45) is 0. The molecule has 8 aromatic carbocycles. The second kappa shape index (κ2) is 11.9. The third kappa shape index (κ3) is 4.40. The molecule has 2 heterocycles. The van der Waals surface area contributed by atoms with Crippen LogP contribution in [0.4, 0.5) is 0 Å². The van der Waals surface area contributed by atoms with Gasteiger partial charge in [0.2, 0.25) is 0 Å². The van der Waals surface area contributed by atoms with E-state index in [0.717, 1.165) is 49.4 Å². The van der Waals surface area contributed by atoms with Crippen LogP contribution in [-0.4, -0.2) is 15.0 Å². The molecule has 10 aromatic rings. The Kier molecular flexibility index (Phi) is 6.73. The first kappa shape index (κ1) is 30.5. The van der Waals surface area contributed by atoms with Crippen LogP contribution in [0.2, 0.25) is 0 Å². The molecule has 0 bridgehead atoms. The standard InChI is InChI=1S/C50H31N3O/c1-5-17-32(18-6-1)47-51-48(33-19-7-2-8-20-33)53-49(52-47)40-31-43-44(39-26-14-16-28-42(39)54-43)45-37(40)29-30-38-36-25-13-15-27-41(36)50(46(38)45,34-21-9-3-10-22-34)35-23-11-4-12-24-35/h1-31H. The van der Waals surface area contributed by atoms with Crippen molar-refractivity contribution in [2.24, 2.45) is 0 Å². The van der Waals surface area contributed by atoms with E-state index >= 15 is 0 Å². The van der Waals surface area contributed by atoms with Gasteiger partial charge in [-0.1, -0.05) is 176 Å². The lowest BCUT2D eigenvalue weighted by molar-refractivity contribution is 0.669. The highest BCUT2D eigenvalue weighted by atomic mass is 16.3. The number of nitrogens with zero attached hydrogens (tertiary/aromatic N) is 3. The molecule has 0 aliphatic heterocycles. The Bertz CT molecular complexity index is 2930. The topological polar surface area (TPSA) is 51.8 Å². The lowest BCUT2D eigenvalue weighted by Crippen LogP contribution is -2.28. The minimum absolute atomic E-state index is 0.593. The molecule has 0 atom stereocenters. The van der Waals surface area contributed by atoms with Crippen LogP contribution in [0.15, 0.2) is 192 Å². The number of hydrogen-bond donors (Lipinski definition) is 0.